The monoisotopic (exact) mass is 866 g/mol. The first-order chi connectivity index (χ1) is 28.9. The van der Waals surface area contributed by atoms with Crippen molar-refractivity contribution < 1.29 is 24.1 Å². The molecule has 4 saturated heterocycles. The molecule has 10 heteroatoms. The van der Waals surface area contributed by atoms with Gasteiger partial charge >= 0.3 is 6.09 Å². The molecule has 354 valence electrons. The van der Waals surface area contributed by atoms with Gasteiger partial charge in [-0.1, -0.05) is 60.2 Å². The van der Waals surface area contributed by atoms with Crippen LogP contribution in [0.1, 0.15) is 138 Å². The maximum absolute atomic E-state index is 12.0. The Morgan fingerprint density at radius 2 is 1.05 bits per heavy atom. The van der Waals surface area contributed by atoms with Crippen LogP contribution in [0.2, 0.25) is 0 Å². The Balaban J connectivity index is 0.000000226. The molecule has 4 fully saturated rings. The number of amides is 1. The highest BCUT2D eigenvalue weighted by atomic mass is 16.6. The smallest absolute Gasteiger partial charge is 0.410 e. The van der Waals surface area contributed by atoms with Gasteiger partial charge in [0.25, 0.3) is 0 Å². The van der Waals surface area contributed by atoms with E-state index in [0.717, 1.165) is 76.5 Å². The Kier molecular flexibility index (Phi) is 20.9. The Hall–Kier alpha value is -2.57. The molecule has 1 amide bonds. The predicted molar refractivity (Wildman–Crippen MR) is 258 cm³/mol. The fourth-order valence-corrected chi connectivity index (χ4v) is 9.24. The molecule has 4 aliphatic heterocycles. The highest BCUT2D eigenvalue weighted by molar-refractivity contribution is 5.67. The van der Waals surface area contributed by atoms with Gasteiger partial charge in [-0.2, -0.15) is 0 Å². The number of likely N-dealkylation sites (tertiary alicyclic amines) is 3. The van der Waals surface area contributed by atoms with Gasteiger partial charge in [-0.3, -0.25) is 19.6 Å². The minimum atomic E-state index is -0.630. The van der Waals surface area contributed by atoms with E-state index in [1.54, 1.807) is 19.1 Å². The average molecular weight is 866 g/mol. The van der Waals surface area contributed by atoms with Crippen LogP contribution in [0, 0.1) is 6.92 Å². The lowest BCUT2D eigenvalue weighted by Crippen LogP contribution is -2.54. The van der Waals surface area contributed by atoms with Crippen molar-refractivity contribution in [3.8, 4) is 0 Å². The zero-order chi connectivity index (χ0) is 46.4. The van der Waals surface area contributed by atoms with E-state index in [-0.39, 0.29) is 17.2 Å². The molecule has 62 heavy (non-hydrogen) atoms. The number of carbonyl (C=O) groups excluding carboxylic acids is 1. The van der Waals surface area contributed by atoms with E-state index in [1.165, 1.54) is 44.3 Å². The van der Waals surface area contributed by atoms with Gasteiger partial charge in [0, 0.05) is 87.7 Å². The van der Waals surface area contributed by atoms with E-state index >= 15 is 0 Å². The lowest BCUT2D eigenvalue weighted by Gasteiger charge is -2.44. The van der Waals surface area contributed by atoms with Crippen LogP contribution in [-0.4, -0.2) is 150 Å². The molecule has 0 aromatic heterocycles. The third kappa shape index (κ3) is 17.4. The summed E-state index contributed by atoms with van der Waals surface area (Å²) in [5.74, 6) is 0. The third-order valence-electron chi connectivity index (χ3n) is 13.0. The van der Waals surface area contributed by atoms with Crippen LogP contribution in [0.25, 0.3) is 0 Å². The van der Waals surface area contributed by atoms with Crippen molar-refractivity contribution in [2.75, 3.05) is 79.8 Å². The average Bonchev–Trinajstić information content (AvgIpc) is 3.89. The number of aryl methyl sites for hydroxylation is 1. The van der Waals surface area contributed by atoms with Crippen LogP contribution in [0.15, 0.2) is 54.6 Å². The van der Waals surface area contributed by atoms with E-state index in [4.69, 9.17) is 14.2 Å². The first-order valence-electron chi connectivity index (χ1n) is 23.7. The second-order valence-corrected chi connectivity index (χ2v) is 22.0. The van der Waals surface area contributed by atoms with Gasteiger partial charge in [-0.05, 0) is 153 Å². The molecule has 0 radical (unpaired) electrons. The van der Waals surface area contributed by atoms with Gasteiger partial charge in [-0.25, -0.2) is 4.79 Å². The van der Waals surface area contributed by atoms with Crippen LogP contribution in [-0.2, 0) is 26.4 Å². The summed E-state index contributed by atoms with van der Waals surface area (Å²) in [6.07, 6.45) is 6.69. The van der Waals surface area contributed by atoms with Crippen molar-refractivity contribution in [2.24, 2.45) is 0 Å². The molecule has 2 aromatic rings. The Morgan fingerprint density at radius 3 is 1.45 bits per heavy atom. The molecule has 10 nitrogen and oxygen atoms in total. The minimum absolute atomic E-state index is 0.167. The zero-order valence-corrected chi connectivity index (χ0v) is 42.2. The maximum Gasteiger partial charge on any atom is 0.410 e. The minimum Gasteiger partial charge on any atom is -0.445 e. The van der Waals surface area contributed by atoms with Crippen LogP contribution in [0.4, 0.5) is 4.79 Å². The Morgan fingerprint density at radius 1 is 0.613 bits per heavy atom. The number of hydrogen-bond donors (Lipinski definition) is 1. The molecule has 1 N–H and O–H groups in total. The number of carbonyl (C=O) groups is 1. The molecule has 0 saturated carbocycles. The Bertz CT molecular complexity index is 1510. The standard InChI is InChI=1S/C16H24N2O2.C16H25NO.2C10H21NO/c1-16(2,3)18-11-9-17(10-12-18)15(19)20-13-14-7-5-4-6-8-14;1-13-5-7-14(8-6-13)16(18)9-11-17(12-10-16)15(2,3)4;2*1-10(2,3)11-7-5-6-9(11)8-12-4/h4-8H,9-13H2,1-3H3;5-8,18H,9-12H2,1-4H3;2*9H,5-8H2,1-4H3/t;;2*9-/m..10/s1. The molecule has 2 aromatic carbocycles. The fraction of sp³-hybridized carbons (Fsp3) is 0.750. The van der Waals surface area contributed by atoms with Crippen LogP contribution in [0.3, 0.4) is 0 Å². The number of ether oxygens (including phenoxy) is 3. The van der Waals surface area contributed by atoms with Crippen molar-refractivity contribution in [3.05, 3.63) is 71.3 Å². The van der Waals surface area contributed by atoms with E-state index in [0.29, 0.717) is 29.8 Å². The lowest BCUT2D eigenvalue weighted by molar-refractivity contribution is -0.0461. The van der Waals surface area contributed by atoms with Crippen molar-refractivity contribution in [3.63, 3.8) is 0 Å². The first kappa shape index (κ1) is 53.8. The molecule has 0 bridgehead atoms. The largest absolute Gasteiger partial charge is 0.445 e. The summed E-state index contributed by atoms with van der Waals surface area (Å²) < 4.78 is 15.8. The summed E-state index contributed by atoms with van der Waals surface area (Å²) in [6, 6.07) is 19.4. The molecule has 4 heterocycles. The molecular weight excluding hydrogens is 775 g/mol. The zero-order valence-electron chi connectivity index (χ0n) is 42.2. The normalized spacial score (nSPS) is 21.8. The number of piperidine rings is 1. The molecule has 4 aliphatic rings. The van der Waals surface area contributed by atoms with Gasteiger partial charge in [-0.15, -0.1) is 0 Å². The second kappa shape index (κ2) is 24.1. The summed E-state index contributed by atoms with van der Waals surface area (Å²) >= 11 is 0. The van der Waals surface area contributed by atoms with Crippen molar-refractivity contribution in [2.45, 2.75) is 175 Å². The summed E-state index contributed by atoms with van der Waals surface area (Å²) in [5.41, 5.74) is 3.69. The van der Waals surface area contributed by atoms with Gasteiger partial charge in [0.2, 0.25) is 0 Å². The Labute approximate surface area is 379 Å². The van der Waals surface area contributed by atoms with Crippen molar-refractivity contribution in [1.29, 1.82) is 0 Å². The molecule has 0 aliphatic carbocycles. The third-order valence-corrected chi connectivity index (χ3v) is 13.0. The van der Waals surface area contributed by atoms with Gasteiger partial charge in [0.05, 0.1) is 18.8 Å². The van der Waals surface area contributed by atoms with Crippen molar-refractivity contribution in [1.82, 2.24) is 24.5 Å². The van der Waals surface area contributed by atoms with Gasteiger partial charge in [0.15, 0.2) is 0 Å². The van der Waals surface area contributed by atoms with E-state index in [9.17, 15) is 9.90 Å². The quantitative estimate of drug-likeness (QED) is 0.293. The second-order valence-electron chi connectivity index (χ2n) is 22.0. The highest BCUT2D eigenvalue weighted by Gasteiger charge is 2.37. The molecule has 6 rings (SSSR count). The fourth-order valence-electron chi connectivity index (χ4n) is 9.24. The molecule has 2 atom stereocenters. The summed E-state index contributed by atoms with van der Waals surface area (Å²) in [7, 11) is 3.58. The van der Waals surface area contributed by atoms with Crippen LogP contribution >= 0.6 is 0 Å². The van der Waals surface area contributed by atoms with E-state index in [1.807, 2.05) is 30.3 Å². The van der Waals surface area contributed by atoms with Crippen LogP contribution < -0.4 is 0 Å². The predicted octanol–water partition coefficient (Wildman–Crippen LogP) is 9.61. The number of aliphatic hydroxyl groups is 1. The van der Waals surface area contributed by atoms with Crippen molar-refractivity contribution >= 4 is 6.09 Å². The lowest BCUT2D eigenvalue weighted by atomic mass is 9.83. The summed E-state index contributed by atoms with van der Waals surface area (Å²) in [5, 5.41) is 10.8. The highest BCUT2D eigenvalue weighted by Crippen LogP contribution is 2.35. The topological polar surface area (TPSA) is 81.2 Å². The number of rotatable bonds is 7. The SMILES string of the molecule is CC(C)(C)N1CCN(C(=O)OCc2ccccc2)CC1.COC[C@@H]1CCCN1C(C)(C)C.COC[C@H]1CCCN1C(C)(C)C.Cc1ccc(C2(O)CCN(C(C)(C)C)CC2)cc1. The number of piperazine rings is 1. The number of methoxy groups -OCH3 is 2. The van der Waals surface area contributed by atoms with E-state index in [2.05, 4.69) is 134 Å². The number of benzene rings is 2. The number of nitrogens with zero attached hydrogens (tertiary/aromatic N) is 5. The maximum atomic E-state index is 12.0. The molecule has 0 unspecified atom stereocenters. The first-order valence-corrected chi connectivity index (χ1v) is 23.7. The molecule has 0 spiro atoms. The van der Waals surface area contributed by atoms with Crippen LogP contribution in [0.5, 0.6) is 0 Å². The summed E-state index contributed by atoms with van der Waals surface area (Å²) in [4.78, 5) is 23.8. The van der Waals surface area contributed by atoms with Gasteiger partial charge < -0.3 is 24.2 Å². The number of hydrogen-bond acceptors (Lipinski definition) is 9. The van der Waals surface area contributed by atoms with E-state index < -0.39 is 5.60 Å². The molecular formula is C52H91N5O5. The van der Waals surface area contributed by atoms with Gasteiger partial charge in [0.1, 0.15) is 6.61 Å². The summed E-state index contributed by atoms with van der Waals surface area (Å²) in [6.45, 7) is 38.9.